The summed E-state index contributed by atoms with van der Waals surface area (Å²) >= 11 is 6.31. The Hall–Kier alpha value is -4.39. The van der Waals surface area contributed by atoms with Crippen molar-refractivity contribution in [2.75, 3.05) is 45.2 Å². The van der Waals surface area contributed by atoms with Crippen LogP contribution in [0.1, 0.15) is 184 Å². The first-order valence-electron chi connectivity index (χ1n) is 35.1. The molecular formula is C78H103F3I3NO14S2. The molecule has 6 fully saturated rings. The van der Waals surface area contributed by atoms with E-state index in [1.54, 1.807) is 19.9 Å². The highest BCUT2D eigenvalue weighted by atomic mass is 127. The number of nitrogens with one attached hydrogen (secondary N) is 1. The molecule has 4 unspecified atom stereocenters. The lowest BCUT2D eigenvalue weighted by Gasteiger charge is -2.60. The number of rotatable bonds is 18. The Morgan fingerprint density at radius 1 is 0.703 bits per heavy atom. The SMILES string of the molecule is CCC(C)(C)C(=O)OC1(C)CCCC1.CCC(C)(C)C(=O)OC12CC3CC(C1)CC(C(=O)OC(CS(=O)(=O)[O-])C(F)(F)F)(C3)C2.CCC(C)(C)C(=O)OCC[NH+]1CCOCC1.CCC(C)c1cccc(O)c1.[O-]c1c(I)cc(I)cc1I.c1ccc(-[s+]2c3ccccc3c3ccccc32)cc1. The van der Waals surface area contributed by atoms with E-state index >= 15 is 0 Å². The third-order valence-electron chi connectivity index (χ3n) is 20.4. The maximum atomic E-state index is 13.3. The molecule has 5 saturated carbocycles. The van der Waals surface area contributed by atoms with Gasteiger partial charge in [-0.3, -0.25) is 19.2 Å². The van der Waals surface area contributed by atoms with Crippen molar-refractivity contribution < 1.29 is 84.1 Å². The lowest BCUT2D eigenvalue weighted by molar-refractivity contribution is -0.908. The normalized spacial score (nSPS) is 20.7. The topological polar surface area (TPSA) is 219 Å². The Bertz CT molecular complexity index is 3740. The Labute approximate surface area is 640 Å². The summed E-state index contributed by atoms with van der Waals surface area (Å²) in [5.41, 5.74) is -2.59. The summed E-state index contributed by atoms with van der Waals surface area (Å²) in [7, 11) is -5.21. The van der Waals surface area contributed by atoms with Gasteiger partial charge in [0.15, 0.2) is 14.3 Å². The quantitative estimate of drug-likeness (QED) is 0.0269. The highest BCUT2D eigenvalue weighted by Crippen LogP contribution is 2.64. The molecule has 5 aromatic carbocycles. The van der Waals surface area contributed by atoms with Crippen molar-refractivity contribution in [2.45, 2.75) is 202 Å². The Morgan fingerprint density at radius 3 is 1.68 bits per heavy atom. The van der Waals surface area contributed by atoms with Crippen molar-refractivity contribution in [3.8, 4) is 16.4 Å². The first-order valence-corrected chi connectivity index (χ1v) is 41.1. The van der Waals surface area contributed by atoms with Crippen LogP contribution in [0.5, 0.6) is 11.5 Å². The largest absolute Gasteiger partial charge is 0.871 e. The maximum Gasteiger partial charge on any atom is 0.426 e. The molecule has 15 nitrogen and oxygen atoms in total. The molecule has 12 rings (SSSR count). The Balaban J connectivity index is 0.000000200. The summed E-state index contributed by atoms with van der Waals surface area (Å²) in [5.74, 6) is -2.51. The lowest BCUT2D eigenvalue weighted by Crippen LogP contribution is -3.14. The number of aromatic hydroxyl groups is 1. The summed E-state index contributed by atoms with van der Waals surface area (Å²) in [6.45, 7) is 28.6. The average molecular weight is 1780 g/mol. The molecule has 0 spiro atoms. The highest BCUT2D eigenvalue weighted by Gasteiger charge is 2.64. The van der Waals surface area contributed by atoms with Crippen LogP contribution in [0.2, 0.25) is 0 Å². The minimum atomic E-state index is -5.27. The molecule has 5 aliphatic carbocycles. The molecule has 0 radical (unpaired) electrons. The number of benzene rings is 5. The summed E-state index contributed by atoms with van der Waals surface area (Å²) in [4.78, 5) is 52.1. The smallest absolute Gasteiger partial charge is 0.426 e. The van der Waals surface area contributed by atoms with Crippen LogP contribution in [0, 0.1) is 44.2 Å². The number of carbonyl (C=O) groups excluding carboxylic acids is 4. The van der Waals surface area contributed by atoms with E-state index in [9.17, 15) is 50.4 Å². The van der Waals surface area contributed by atoms with E-state index in [0.29, 0.717) is 50.4 Å². The molecule has 0 amide bonds. The number of phenols is 1. The number of esters is 4. The van der Waals surface area contributed by atoms with Crippen LogP contribution in [0.3, 0.4) is 0 Å². The predicted octanol–water partition coefficient (Wildman–Crippen LogP) is 17.7. The van der Waals surface area contributed by atoms with E-state index in [1.165, 1.54) is 48.4 Å². The van der Waals surface area contributed by atoms with E-state index in [4.69, 9.17) is 24.1 Å². The van der Waals surface area contributed by atoms with Gasteiger partial charge in [-0.1, -0.05) is 95.0 Å². The number of quaternary nitrogens is 1. The van der Waals surface area contributed by atoms with Gasteiger partial charge < -0.3 is 43.4 Å². The number of hydrogen-bond acceptors (Lipinski definition) is 14. The zero-order valence-electron chi connectivity index (χ0n) is 60.5. The van der Waals surface area contributed by atoms with Gasteiger partial charge in [0.05, 0.1) is 50.7 Å². The number of alkyl halides is 3. The molecule has 558 valence electrons. The predicted molar refractivity (Wildman–Crippen MR) is 415 cm³/mol. The fourth-order valence-corrected chi connectivity index (χ4v) is 19.8. The van der Waals surface area contributed by atoms with E-state index < -0.39 is 56.5 Å². The lowest BCUT2D eigenvalue weighted by atomic mass is 9.48. The van der Waals surface area contributed by atoms with Crippen molar-refractivity contribution in [3.63, 3.8) is 0 Å². The average Bonchev–Trinajstić information content (AvgIpc) is 1.23. The highest BCUT2D eigenvalue weighted by molar-refractivity contribution is 14.1. The minimum Gasteiger partial charge on any atom is -0.871 e. The van der Waals surface area contributed by atoms with Crippen molar-refractivity contribution in [1.82, 2.24) is 0 Å². The molecule has 4 atom stereocenters. The van der Waals surface area contributed by atoms with E-state index in [1.807, 2.05) is 78.8 Å². The van der Waals surface area contributed by atoms with Gasteiger partial charge in [-0.15, -0.1) is 0 Å². The van der Waals surface area contributed by atoms with Crippen molar-refractivity contribution in [2.24, 2.45) is 33.5 Å². The van der Waals surface area contributed by atoms with Crippen molar-refractivity contribution in [1.29, 1.82) is 0 Å². The second-order valence-electron chi connectivity index (χ2n) is 29.7. The number of carbonyl (C=O) groups is 4. The maximum absolute atomic E-state index is 13.3. The van der Waals surface area contributed by atoms with Crippen LogP contribution in [-0.4, -0.2) is 111 Å². The van der Waals surface area contributed by atoms with Crippen LogP contribution in [0.25, 0.3) is 25.1 Å². The monoisotopic (exact) mass is 1780 g/mol. The first kappa shape index (κ1) is 85.5. The number of hydrogen-bond donors (Lipinski definition) is 2. The number of halogens is 6. The fraction of sp³-hybridized carbons (Fsp3) is 0.564. The minimum absolute atomic E-state index is 0.00100. The molecular weight excluding hydrogens is 1680 g/mol. The number of thiophene rings is 1. The molecule has 2 heterocycles. The van der Waals surface area contributed by atoms with Crippen LogP contribution >= 0.6 is 78.2 Å². The molecule has 4 bridgehead atoms. The molecule has 101 heavy (non-hydrogen) atoms. The van der Waals surface area contributed by atoms with Crippen LogP contribution in [-0.2, 0) is 53.0 Å². The Kier molecular flexibility index (Phi) is 31.5. The fourth-order valence-electron chi connectivity index (χ4n) is 13.2. The molecule has 6 aliphatic rings. The third-order valence-corrected chi connectivity index (χ3v) is 25.7. The van der Waals surface area contributed by atoms with Gasteiger partial charge in [0, 0.05) is 38.4 Å². The summed E-state index contributed by atoms with van der Waals surface area (Å²) in [5, 5.41) is 23.0. The van der Waals surface area contributed by atoms with Crippen LogP contribution < -0.4 is 10.0 Å². The van der Waals surface area contributed by atoms with Crippen LogP contribution in [0.4, 0.5) is 13.2 Å². The van der Waals surface area contributed by atoms with Gasteiger partial charge in [-0.25, -0.2) is 8.42 Å². The number of morpholine rings is 1. The number of ether oxygens (including phenoxy) is 5. The Morgan fingerprint density at radius 2 is 1.20 bits per heavy atom. The molecule has 2 N–H and O–H groups in total. The molecule has 23 heteroatoms. The zero-order chi connectivity index (χ0) is 74.9. The second-order valence-corrected chi connectivity index (χ2v) is 36.7. The summed E-state index contributed by atoms with van der Waals surface area (Å²) in [6, 6.07) is 39.6. The summed E-state index contributed by atoms with van der Waals surface area (Å²) in [6.07, 6.45) is 2.06. The van der Waals surface area contributed by atoms with Crippen LogP contribution in [0.15, 0.2) is 115 Å². The molecule has 1 saturated heterocycles. The standard InChI is InChI=1S/C20H29F3O7S.C18H13S.C12H23NO3.C12H22O2.C10H14O.C6H3I3O/c1-4-17(2,3)15(24)30-19-8-12-5-13(9-19)7-18(6-12,11-19)16(25)29-14(20(21,22)23)10-31(26,27)28;1-2-8-14(9-3-1)19-17-12-6-4-10-15(17)16-11-5-7-13-18(16)19;1-4-12(2,3)11(14)16-10-7-13-5-8-15-9-6-13;1-5-11(2,3)10(13)14-12(4)8-6-7-9-12;1-3-8(2)9-5-4-6-10(11)7-9;7-3-1-4(8)6(10)5(9)2-3/h12-14H,4-11H2,1-3H3,(H,26,27,28);1-13H;4-10H2,1-3H3;5-9H2,1-4H3;4-8,11H,3H2,1-2H3;1-2,10H/q;+1;;;;/p-1. The van der Waals surface area contributed by atoms with Crippen molar-refractivity contribution >= 4 is 132 Å². The third kappa shape index (κ3) is 24.6. The van der Waals surface area contributed by atoms with Gasteiger partial charge in [0.25, 0.3) is 0 Å². The van der Waals surface area contributed by atoms with Crippen molar-refractivity contribution in [3.05, 3.63) is 132 Å². The first-order chi connectivity index (χ1) is 47.2. The van der Waals surface area contributed by atoms with E-state index in [-0.39, 0.29) is 62.8 Å². The van der Waals surface area contributed by atoms with Gasteiger partial charge in [0.2, 0.25) is 6.10 Å². The molecule has 1 aromatic heterocycles. The van der Waals surface area contributed by atoms with Gasteiger partial charge in [0.1, 0.15) is 43.2 Å². The summed E-state index contributed by atoms with van der Waals surface area (Å²) < 4.78 is 105. The van der Waals surface area contributed by atoms with Gasteiger partial charge in [-0.2, -0.15) is 13.2 Å². The molecule has 1 aliphatic heterocycles. The van der Waals surface area contributed by atoms with Gasteiger partial charge >= 0.3 is 30.1 Å². The molecule has 6 aromatic rings. The zero-order valence-corrected chi connectivity index (χ0v) is 68.6. The van der Waals surface area contributed by atoms with E-state index in [2.05, 4.69) is 172 Å². The number of fused-ring (bicyclic) bond motifs is 3. The number of phenolic OH excluding ortho intramolecular Hbond substituents is 1. The van der Waals surface area contributed by atoms with Gasteiger partial charge in [-0.05, 0) is 284 Å². The second kappa shape index (κ2) is 37.2. The van der Waals surface area contributed by atoms with E-state index in [0.717, 1.165) is 82.1 Å².